The van der Waals surface area contributed by atoms with Crippen molar-refractivity contribution in [2.75, 3.05) is 0 Å². The number of hydrogen-bond acceptors (Lipinski definition) is 3. The summed E-state index contributed by atoms with van der Waals surface area (Å²) in [6.07, 6.45) is 0. The molecule has 3 heteroatoms. The Morgan fingerprint density at radius 3 is 1.91 bits per heavy atom. The van der Waals surface area contributed by atoms with Crippen LogP contribution in [0.3, 0.4) is 0 Å². The number of pyridine rings is 1. The van der Waals surface area contributed by atoms with Crippen LogP contribution in [0.5, 0.6) is 0 Å². The predicted octanol–water partition coefficient (Wildman–Crippen LogP) is 12.7. The van der Waals surface area contributed by atoms with Crippen molar-refractivity contribution < 1.29 is 0 Å². The first kappa shape index (κ1) is 33.1. The minimum atomic E-state index is -0.443. The maximum Gasteiger partial charge on any atom is 0.0962 e. The Balaban J connectivity index is 1.24. The zero-order valence-electron chi connectivity index (χ0n) is 30.5. The third-order valence-corrected chi connectivity index (χ3v) is 12.2. The number of aromatic nitrogens is 1. The Bertz CT molecular complexity index is 2570. The summed E-state index contributed by atoms with van der Waals surface area (Å²) in [5.41, 5.74) is 18.3. The first-order valence-corrected chi connectivity index (χ1v) is 19.1. The molecule has 1 aromatic heterocycles. The third kappa shape index (κ3) is 5.33. The molecule has 1 unspecified atom stereocenters. The highest BCUT2D eigenvalue weighted by molar-refractivity contribution is 7.99. The van der Waals surface area contributed by atoms with Crippen molar-refractivity contribution in [3.05, 3.63) is 220 Å². The Morgan fingerprint density at radius 1 is 0.623 bits per heavy atom. The van der Waals surface area contributed by atoms with Gasteiger partial charge in [0.15, 0.2) is 0 Å². The SMILES string of the molecule is C=C(C)C(/N=C(/c1ccc(-c2ccc(C)nc2C)cc1)c1ccccc1C)c1ccc2c(c1)C1(c3ccccc3Sc3ccccc31)c1ccccc1-2. The molecule has 2 aliphatic rings. The fraction of sp³-hybridized carbons (Fsp3) is 0.120. The third-order valence-electron chi connectivity index (χ3n) is 11.0. The Morgan fingerprint density at radius 2 is 1.23 bits per heavy atom. The van der Waals surface area contributed by atoms with Crippen LogP contribution >= 0.6 is 11.8 Å². The Hall–Kier alpha value is -5.77. The number of fused-ring (bicyclic) bond motifs is 9. The molecule has 0 saturated carbocycles. The predicted molar refractivity (Wildman–Crippen MR) is 221 cm³/mol. The maximum absolute atomic E-state index is 5.68. The van der Waals surface area contributed by atoms with Gasteiger partial charge < -0.3 is 0 Å². The van der Waals surface area contributed by atoms with Crippen LogP contribution < -0.4 is 0 Å². The molecule has 9 rings (SSSR count). The average molecular weight is 701 g/mol. The lowest BCUT2D eigenvalue weighted by atomic mass is 9.67. The zero-order chi connectivity index (χ0) is 36.3. The summed E-state index contributed by atoms with van der Waals surface area (Å²) in [5.74, 6) is 0. The van der Waals surface area contributed by atoms with E-state index in [1.54, 1.807) is 0 Å². The van der Waals surface area contributed by atoms with Gasteiger partial charge >= 0.3 is 0 Å². The quantitative estimate of drug-likeness (QED) is 0.127. The summed E-state index contributed by atoms with van der Waals surface area (Å²) in [6.45, 7) is 13.0. The van der Waals surface area contributed by atoms with E-state index in [9.17, 15) is 0 Å². The van der Waals surface area contributed by atoms with Gasteiger partial charge in [0.2, 0.25) is 0 Å². The molecule has 0 fully saturated rings. The number of benzene rings is 6. The van der Waals surface area contributed by atoms with Crippen LogP contribution in [-0.4, -0.2) is 10.7 Å². The lowest BCUT2D eigenvalue weighted by Crippen LogP contribution is -2.32. The first-order valence-electron chi connectivity index (χ1n) is 18.3. The second-order valence-electron chi connectivity index (χ2n) is 14.4. The van der Waals surface area contributed by atoms with E-state index in [0.717, 1.165) is 50.5 Å². The van der Waals surface area contributed by atoms with E-state index >= 15 is 0 Å². The van der Waals surface area contributed by atoms with Crippen LogP contribution in [0.1, 0.15) is 68.9 Å². The summed E-state index contributed by atoms with van der Waals surface area (Å²) < 4.78 is 0. The largest absolute Gasteiger partial charge is 0.272 e. The normalized spacial score (nSPS) is 14.2. The number of aliphatic imine (C=N–C) groups is 1. The van der Waals surface area contributed by atoms with E-state index in [4.69, 9.17) is 9.98 Å². The highest BCUT2D eigenvalue weighted by Crippen LogP contribution is 2.62. The fourth-order valence-corrected chi connectivity index (χ4v) is 9.77. The summed E-state index contributed by atoms with van der Waals surface area (Å²) in [4.78, 5) is 13.0. The summed E-state index contributed by atoms with van der Waals surface area (Å²) >= 11 is 1.87. The second kappa shape index (κ2) is 13.0. The molecule has 0 bridgehead atoms. The van der Waals surface area contributed by atoms with Crippen LogP contribution in [0.2, 0.25) is 0 Å². The van der Waals surface area contributed by atoms with Crippen molar-refractivity contribution in [3.8, 4) is 22.3 Å². The molecular formula is C50H40N2S. The van der Waals surface area contributed by atoms with Gasteiger partial charge in [-0.15, -0.1) is 0 Å². The van der Waals surface area contributed by atoms with Crippen molar-refractivity contribution in [3.63, 3.8) is 0 Å². The molecule has 1 spiro atoms. The van der Waals surface area contributed by atoms with E-state index < -0.39 is 5.41 Å². The minimum Gasteiger partial charge on any atom is -0.272 e. The molecule has 0 radical (unpaired) electrons. The van der Waals surface area contributed by atoms with E-state index in [-0.39, 0.29) is 6.04 Å². The summed E-state index contributed by atoms with van der Waals surface area (Å²) in [7, 11) is 0. The molecule has 0 saturated heterocycles. The molecule has 256 valence electrons. The number of rotatable bonds is 6. The fourth-order valence-electron chi connectivity index (χ4n) is 8.58. The Kier molecular flexibility index (Phi) is 8.13. The van der Waals surface area contributed by atoms with E-state index in [2.05, 4.69) is 179 Å². The number of nitrogens with zero attached hydrogens (tertiary/aromatic N) is 2. The van der Waals surface area contributed by atoms with Crippen molar-refractivity contribution >= 4 is 17.5 Å². The van der Waals surface area contributed by atoms with Gasteiger partial charge in [-0.1, -0.05) is 157 Å². The lowest BCUT2D eigenvalue weighted by Gasteiger charge is -2.39. The molecule has 53 heavy (non-hydrogen) atoms. The smallest absolute Gasteiger partial charge is 0.0962 e. The van der Waals surface area contributed by atoms with Crippen LogP contribution in [0.15, 0.2) is 179 Å². The molecule has 2 nitrogen and oxygen atoms in total. The molecule has 7 aromatic rings. The Labute approximate surface area is 317 Å². The molecule has 0 N–H and O–H groups in total. The van der Waals surface area contributed by atoms with Gasteiger partial charge in [0, 0.05) is 37.9 Å². The number of aryl methyl sites for hydroxylation is 3. The highest BCUT2D eigenvalue weighted by atomic mass is 32.2. The van der Waals surface area contributed by atoms with Gasteiger partial charge in [0.05, 0.1) is 17.2 Å². The topological polar surface area (TPSA) is 25.2 Å². The first-order chi connectivity index (χ1) is 25.8. The molecule has 2 heterocycles. The van der Waals surface area contributed by atoms with Gasteiger partial charge in [-0.25, -0.2) is 0 Å². The number of hydrogen-bond donors (Lipinski definition) is 0. The summed E-state index contributed by atoms with van der Waals surface area (Å²) in [6, 6.07) is 55.3. The van der Waals surface area contributed by atoms with Gasteiger partial charge in [-0.05, 0) is 96.0 Å². The van der Waals surface area contributed by atoms with Gasteiger partial charge in [0.25, 0.3) is 0 Å². The molecule has 1 aliphatic heterocycles. The van der Waals surface area contributed by atoms with E-state index in [1.165, 1.54) is 48.7 Å². The molecule has 1 aliphatic carbocycles. The molecule has 6 aromatic carbocycles. The van der Waals surface area contributed by atoms with Crippen molar-refractivity contribution in [2.45, 2.75) is 48.9 Å². The highest BCUT2D eigenvalue weighted by Gasteiger charge is 2.50. The monoisotopic (exact) mass is 700 g/mol. The van der Waals surface area contributed by atoms with Crippen molar-refractivity contribution in [1.82, 2.24) is 4.98 Å². The molecular weight excluding hydrogens is 661 g/mol. The van der Waals surface area contributed by atoms with Crippen LogP contribution in [-0.2, 0) is 5.41 Å². The van der Waals surface area contributed by atoms with Crippen LogP contribution in [0.25, 0.3) is 22.3 Å². The van der Waals surface area contributed by atoms with E-state index in [1.807, 2.05) is 18.7 Å². The van der Waals surface area contributed by atoms with Crippen LogP contribution in [0, 0.1) is 20.8 Å². The second-order valence-corrected chi connectivity index (χ2v) is 15.5. The maximum atomic E-state index is 5.68. The van der Waals surface area contributed by atoms with Crippen molar-refractivity contribution in [2.24, 2.45) is 4.99 Å². The van der Waals surface area contributed by atoms with Gasteiger partial charge in [-0.2, -0.15) is 0 Å². The lowest BCUT2D eigenvalue weighted by molar-refractivity contribution is 0.718. The summed E-state index contributed by atoms with van der Waals surface area (Å²) in [5, 5.41) is 0. The standard InChI is InChI=1S/C50H40N2S/c1-31(2)48(52-49(38-15-7-6-14-32(38)3)36-25-23-35(24-26-36)39-28-22-33(4)51-34(39)5)37-27-29-41-40-16-8-9-17-42(40)50(45(41)30-37)43-18-10-12-20-46(43)53-47-21-13-11-19-44(47)50/h6-30,48H,1H2,2-5H3/b52-49-. The zero-order valence-corrected chi connectivity index (χ0v) is 31.3. The van der Waals surface area contributed by atoms with Gasteiger partial charge in [-0.3, -0.25) is 9.98 Å². The van der Waals surface area contributed by atoms with Crippen LogP contribution in [0.4, 0.5) is 0 Å². The molecule has 1 atom stereocenters. The molecule has 0 amide bonds. The van der Waals surface area contributed by atoms with Crippen molar-refractivity contribution in [1.29, 1.82) is 0 Å². The average Bonchev–Trinajstić information content (AvgIpc) is 3.46. The van der Waals surface area contributed by atoms with E-state index in [0.29, 0.717) is 0 Å². The minimum absolute atomic E-state index is 0.262. The van der Waals surface area contributed by atoms with Gasteiger partial charge in [0.1, 0.15) is 0 Å².